The number of amides is 1. The van der Waals surface area contributed by atoms with E-state index in [1.807, 2.05) is 0 Å². The summed E-state index contributed by atoms with van der Waals surface area (Å²) in [5.74, 6) is -0.129. The molecule has 1 aliphatic carbocycles. The van der Waals surface area contributed by atoms with Crippen molar-refractivity contribution in [3.05, 3.63) is 0 Å². The van der Waals surface area contributed by atoms with E-state index < -0.39 is 12.2 Å². The SMILES string of the molecule is O=C(CSC1CCCC1)N1CCCCC1C(F)(F)F. The minimum Gasteiger partial charge on any atom is -0.330 e. The van der Waals surface area contributed by atoms with Crippen LogP contribution in [0.4, 0.5) is 13.2 Å². The summed E-state index contributed by atoms with van der Waals surface area (Å²) in [4.78, 5) is 13.1. The van der Waals surface area contributed by atoms with Gasteiger partial charge in [0.05, 0.1) is 5.75 Å². The van der Waals surface area contributed by atoms with Crippen LogP contribution in [0.1, 0.15) is 44.9 Å². The standard InChI is InChI=1S/C13H20F3NOS/c14-13(15,16)11-7-3-4-8-17(11)12(18)9-19-10-5-1-2-6-10/h10-11H,1-9H2. The number of hydrogen-bond acceptors (Lipinski definition) is 2. The number of alkyl halides is 3. The monoisotopic (exact) mass is 295 g/mol. The van der Waals surface area contributed by atoms with Gasteiger partial charge in [0, 0.05) is 11.8 Å². The molecule has 0 spiro atoms. The number of carbonyl (C=O) groups excluding carboxylic acids is 1. The molecule has 2 nitrogen and oxygen atoms in total. The fourth-order valence-corrected chi connectivity index (χ4v) is 4.11. The lowest BCUT2D eigenvalue weighted by atomic mass is 10.0. The molecule has 19 heavy (non-hydrogen) atoms. The number of rotatable bonds is 3. The zero-order valence-electron chi connectivity index (χ0n) is 10.9. The average Bonchev–Trinajstić information content (AvgIpc) is 2.88. The second-order valence-corrected chi connectivity index (χ2v) is 6.65. The molecule has 0 aromatic rings. The third-order valence-electron chi connectivity index (χ3n) is 3.95. The zero-order valence-corrected chi connectivity index (χ0v) is 11.7. The largest absolute Gasteiger partial charge is 0.408 e. The number of hydrogen-bond donors (Lipinski definition) is 0. The molecule has 0 aromatic heterocycles. The molecular formula is C13H20F3NOS. The molecule has 110 valence electrons. The minimum absolute atomic E-state index is 0.0589. The van der Waals surface area contributed by atoms with E-state index in [-0.39, 0.29) is 24.6 Å². The Labute approximate surface area is 116 Å². The number of nitrogens with zero attached hydrogens (tertiary/aromatic N) is 1. The predicted octanol–water partition coefficient (Wildman–Crippen LogP) is 3.61. The highest BCUT2D eigenvalue weighted by atomic mass is 32.2. The lowest BCUT2D eigenvalue weighted by Crippen LogP contribution is -2.52. The molecule has 2 fully saturated rings. The molecule has 0 radical (unpaired) electrons. The van der Waals surface area contributed by atoms with Crippen molar-refractivity contribution >= 4 is 17.7 Å². The number of thioether (sulfide) groups is 1. The van der Waals surface area contributed by atoms with Gasteiger partial charge in [-0.2, -0.15) is 13.2 Å². The number of halogens is 3. The first kappa shape index (κ1) is 15.0. The maximum atomic E-state index is 12.9. The molecule has 1 heterocycles. The molecular weight excluding hydrogens is 275 g/mol. The predicted molar refractivity (Wildman–Crippen MR) is 70.1 cm³/mol. The van der Waals surface area contributed by atoms with Gasteiger partial charge in [0.1, 0.15) is 6.04 Å². The Morgan fingerprint density at radius 3 is 2.37 bits per heavy atom. The molecule has 1 saturated heterocycles. The fraction of sp³-hybridized carbons (Fsp3) is 0.923. The van der Waals surface area contributed by atoms with E-state index in [1.165, 1.54) is 24.6 Å². The van der Waals surface area contributed by atoms with Crippen molar-refractivity contribution in [2.45, 2.75) is 62.4 Å². The average molecular weight is 295 g/mol. The van der Waals surface area contributed by atoms with Crippen molar-refractivity contribution < 1.29 is 18.0 Å². The van der Waals surface area contributed by atoms with Gasteiger partial charge >= 0.3 is 6.18 Å². The van der Waals surface area contributed by atoms with Gasteiger partial charge in [0.2, 0.25) is 5.91 Å². The summed E-state index contributed by atoms with van der Waals surface area (Å²) in [6.07, 6.45) is 1.58. The van der Waals surface area contributed by atoms with E-state index in [4.69, 9.17) is 0 Å². The molecule has 2 rings (SSSR count). The number of piperidine rings is 1. The van der Waals surface area contributed by atoms with E-state index in [9.17, 15) is 18.0 Å². The highest BCUT2D eigenvalue weighted by molar-refractivity contribution is 8.00. The lowest BCUT2D eigenvalue weighted by molar-refractivity contribution is -0.194. The summed E-state index contributed by atoms with van der Waals surface area (Å²) < 4.78 is 38.7. The van der Waals surface area contributed by atoms with Gasteiger partial charge in [-0.1, -0.05) is 12.8 Å². The fourth-order valence-electron chi connectivity index (χ4n) is 2.90. The van der Waals surface area contributed by atoms with Gasteiger partial charge in [0.15, 0.2) is 0 Å². The van der Waals surface area contributed by atoms with Crippen LogP contribution in [0.5, 0.6) is 0 Å². The molecule has 6 heteroatoms. The second kappa shape index (κ2) is 6.37. The van der Waals surface area contributed by atoms with Crippen molar-refractivity contribution in [1.82, 2.24) is 4.90 Å². The Bertz CT molecular complexity index is 316. The summed E-state index contributed by atoms with van der Waals surface area (Å²) in [6, 6.07) is -1.56. The van der Waals surface area contributed by atoms with Gasteiger partial charge in [-0.3, -0.25) is 4.79 Å². The van der Waals surface area contributed by atoms with Crippen molar-refractivity contribution in [2.75, 3.05) is 12.3 Å². The Hall–Kier alpha value is -0.390. The van der Waals surface area contributed by atoms with Crippen LogP contribution in [0.2, 0.25) is 0 Å². The van der Waals surface area contributed by atoms with E-state index in [0.29, 0.717) is 18.1 Å². The zero-order chi connectivity index (χ0) is 13.9. The van der Waals surface area contributed by atoms with Gasteiger partial charge in [-0.15, -0.1) is 11.8 Å². The van der Waals surface area contributed by atoms with Gasteiger partial charge in [-0.05, 0) is 32.1 Å². The van der Waals surface area contributed by atoms with E-state index in [0.717, 1.165) is 17.7 Å². The molecule has 0 N–H and O–H groups in total. The summed E-state index contributed by atoms with van der Waals surface area (Å²) in [5, 5.41) is 0.470. The Morgan fingerprint density at radius 2 is 1.74 bits per heavy atom. The van der Waals surface area contributed by atoms with Crippen LogP contribution in [0.15, 0.2) is 0 Å². The van der Waals surface area contributed by atoms with Gasteiger partial charge in [-0.25, -0.2) is 0 Å². The maximum absolute atomic E-state index is 12.9. The van der Waals surface area contributed by atoms with Crippen molar-refractivity contribution in [3.8, 4) is 0 Å². The minimum atomic E-state index is -4.28. The Balaban J connectivity index is 1.87. The molecule has 1 amide bonds. The molecule has 1 atom stereocenters. The molecule has 1 aliphatic heterocycles. The van der Waals surface area contributed by atoms with Crippen LogP contribution in [0.3, 0.4) is 0 Å². The van der Waals surface area contributed by atoms with Crippen molar-refractivity contribution in [1.29, 1.82) is 0 Å². The van der Waals surface area contributed by atoms with Crippen molar-refractivity contribution in [2.24, 2.45) is 0 Å². The summed E-state index contributed by atoms with van der Waals surface area (Å²) in [7, 11) is 0. The van der Waals surface area contributed by atoms with Gasteiger partial charge in [0.25, 0.3) is 0 Å². The second-order valence-electron chi connectivity index (χ2n) is 5.36. The topological polar surface area (TPSA) is 20.3 Å². The Kier molecular flexibility index (Phi) is 5.03. The van der Waals surface area contributed by atoms with E-state index >= 15 is 0 Å². The molecule has 0 aromatic carbocycles. The first-order valence-electron chi connectivity index (χ1n) is 6.96. The summed E-state index contributed by atoms with van der Waals surface area (Å²) in [6.45, 7) is 0.258. The number of carbonyl (C=O) groups is 1. The van der Waals surface area contributed by atoms with Crippen LogP contribution in [0.25, 0.3) is 0 Å². The molecule has 2 aliphatic rings. The maximum Gasteiger partial charge on any atom is 0.408 e. The van der Waals surface area contributed by atoms with Crippen LogP contribution in [0, 0.1) is 0 Å². The van der Waals surface area contributed by atoms with Crippen molar-refractivity contribution in [3.63, 3.8) is 0 Å². The Morgan fingerprint density at radius 1 is 1.11 bits per heavy atom. The molecule has 1 saturated carbocycles. The summed E-state index contributed by atoms with van der Waals surface area (Å²) >= 11 is 1.54. The van der Waals surface area contributed by atoms with Gasteiger partial charge < -0.3 is 4.90 Å². The third kappa shape index (κ3) is 4.04. The third-order valence-corrected chi connectivity index (χ3v) is 5.30. The highest BCUT2D eigenvalue weighted by Gasteiger charge is 2.46. The van der Waals surface area contributed by atoms with Crippen LogP contribution in [-0.4, -0.2) is 40.6 Å². The summed E-state index contributed by atoms with van der Waals surface area (Å²) in [5.41, 5.74) is 0. The normalized spacial score (nSPS) is 25.8. The van der Waals surface area contributed by atoms with Crippen LogP contribution < -0.4 is 0 Å². The highest BCUT2D eigenvalue weighted by Crippen LogP contribution is 2.33. The lowest BCUT2D eigenvalue weighted by Gasteiger charge is -2.36. The van der Waals surface area contributed by atoms with E-state index in [2.05, 4.69) is 0 Å². The number of likely N-dealkylation sites (tertiary alicyclic amines) is 1. The molecule has 0 bridgehead atoms. The van der Waals surface area contributed by atoms with E-state index in [1.54, 1.807) is 0 Å². The first-order chi connectivity index (χ1) is 8.98. The quantitative estimate of drug-likeness (QED) is 0.793. The first-order valence-corrected chi connectivity index (χ1v) is 8.01. The molecule has 1 unspecified atom stereocenters. The van der Waals surface area contributed by atoms with Crippen LogP contribution >= 0.6 is 11.8 Å². The van der Waals surface area contributed by atoms with Crippen LogP contribution in [-0.2, 0) is 4.79 Å². The smallest absolute Gasteiger partial charge is 0.330 e.